The Labute approximate surface area is 96.5 Å². The number of aldehydes is 1. The van der Waals surface area contributed by atoms with Crippen LogP contribution in [0, 0.1) is 5.41 Å². The van der Waals surface area contributed by atoms with Crippen molar-refractivity contribution in [3.63, 3.8) is 0 Å². The van der Waals surface area contributed by atoms with E-state index in [0.29, 0.717) is 5.41 Å². The maximum absolute atomic E-state index is 10.8. The standard InChI is InChI=1S/C13H20OS/c1-5-6-10-7-11(9-14)15-12(10)8-13(2,3)4/h7,9H,5-6,8H2,1-4H3. The molecule has 0 fully saturated rings. The van der Waals surface area contributed by atoms with E-state index in [1.807, 2.05) is 0 Å². The molecule has 0 bridgehead atoms. The van der Waals surface area contributed by atoms with Gasteiger partial charge in [0.2, 0.25) is 0 Å². The zero-order valence-electron chi connectivity index (χ0n) is 10.1. The van der Waals surface area contributed by atoms with Gasteiger partial charge >= 0.3 is 0 Å². The minimum absolute atomic E-state index is 0.299. The molecule has 1 aromatic rings. The van der Waals surface area contributed by atoms with Crippen molar-refractivity contribution in [2.24, 2.45) is 5.41 Å². The second kappa shape index (κ2) is 4.93. The van der Waals surface area contributed by atoms with Gasteiger partial charge in [-0.25, -0.2) is 0 Å². The highest BCUT2D eigenvalue weighted by Gasteiger charge is 2.16. The first-order chi connectivity index (χ1) is 6.96. The summed E-state index contributed by atoms with van der Waals surface area (Å²) in [5, 5.41) is 0. The van der Waals surface area contributed by atoms with Gasteiger partial charge in [-0.05, 0) is 29.9 Å². The van der Waals surface area contributed by atoms with Crippen molar-refractivity contribution in [1.29, 1.82) is 0 Å². The van der Waals surface area contributed by atoms with Gasteiger partial charge in [0.25, 0.3) is 0 Å². The zero-order valence-corrected chi connectivity index (χ0v) is 10.9. The van der Waals surface area contributed by atoms with Crippen LogP contribution in [-0.2, 0) is 12.8 Å². The van der Waals surface area contributed by atoms with Crippen LogP contribution in [0.2, 0.25) is 0 Å². The molecule has 15 heavy (non-hydrogen) atoms. The third-order valence-corrected chi connectivity index (χ3v) is 3.34. The van der Waals surface area contributed by atoms with Gasteiger partial charge in [0.15, 0.2) is 6.29 Å². The Morgan fingerprint density at radius 1 is 1.40 bits per heavy atom. The Hall–Kier alpha value is -0.630. The maximum Gasteiger partial charge on any atom is 0.160 e. The summed E-state index contributed by atoms with van der Waals surface area (Å²) in [6.07, 6.45) is 4.28. The first kappa shape index (κ1) is 12.4. The Balaban J connectivity index is 2.93. The lowest BCUT2D eigenvalue weighted by Crippen LogP contribution is -2.09. The molecule has 0 aliphatic rings. The van der Waals surface area contributed by atoms with Crippen molar-refractivity contribution in [3.05, 3.63) is 21.4 Å². The molecule has 2 heteroatoms. The Bertz CT molecular complexity index is 331. The number of hydrogen-bond donors (Lipinski definition) is 0. The van der Waals surface area contributed by atoms with E-state index in [-0.39, 0.29) is 0 Å². The highest BCUT2D eigenvalue weighted by molar-refractivity contribution is 7.13. The van der Waals surface area contributed by atoms with Crippen molar-refractivity contribution >= 4 is 17.6 Å². The first-order valence-corrected chi connectivity index (χ1v) is 6.34. The molecule has 1 rings (SSSR count). The molecule has 0 saturated heterocycles. The molecule has 84 valence electrons. The molecule has 0 aliphatic heterocycles. The summed E-state index contributed by atoms with van der Waals surface area (Å²) in [6.45, 7) is 8.90. The predicted octanol–water partition coefficient (Wildman–Crippen LogP) is 4.10. The van der Waals surface area contributed by atoms with Crippen LogP contribution in [0.3, 0.4) is 0 Å². The van der Waals surface area contributed by atoms with Gasteiger partial charge in [-0.1, -0.05) is 34.1 Å². The number of aryl methyl sites for hydroxylation is 1. The summed E-state index contributed by atoms with van der Waals surface area (Å²) in [6, 6.07) is 2.06. The lowest BCUT2D eigenvalue weighted by molar-refractivity contribution is 0.112. The van der Waals surface area contributed by atoms with E-state index in [1.165, 1.54) is 10.4 Å². The molecular formula is C13H20OS. The minimum Gasteiger partial charge on any atom is -0.297 e. The fraction of sp³-hybridized carbons (Fsp3) is 0.615. The van der Waals surface area contributed by atoms with Gasteiger partial charge < -0.3 is 0 Å². The second-order valence-electron chi connectivity index (χ2n) is 5.20. The quantitative estimate of drug-likeness (QED) is 0.704. The smallest absolute Gasteiger partial charge is 0.160 e. The van der Waals surface area contributed by atoms with Crippen molar-refractivity contribution in [2.45, 2.75) is 47.0 Å². The van der Waals surface area contributed by atoms with E-state index in [2.05, 4.69) is 33.8 Å². The van der Waals surface area contributed by atoms with Gasteiger partial charge in [-0.15, -0.1) is 11.3 Å². The normalized spacial score (nSPS) is 11.7. The number of thiophene rings is 1. The fourth-order valence-electron chi connectivity index (χ4n) is 1.66. The average molecular weight is 224 g/mol. The van der Waals surface area contributed by atoms with Crippen LogP contribution in [0.15, 0.2) is 6.07 Å². The molecule has 1 nitrogen and oxygen atoms in total. The SMILES string of the molecule is CCCc1cc(C=O)sc1CC(C)(C)C. The molecule has 0 aromatic carbocycles. The summed E-state index contributed by atoms with van der Waals surface area (Å²) in [7, 11) is 0. The van der Waals surface area contributed by atoms with Crippen molar-refractivity contribution in [1.82, 2.24) is 0 Å². The van der Waals surface area contributed by atoms with E-state index < -0.39 is 0 Å². The number of carbonyl (C=O) groups is 1. The van der Waals surface area contributed by atoms with Crippen LogP contribution >= 0.6 is 11.3 Å². The monoisotopic (exact) mass is 224 g/mol. The van der Waals surface area contributed by atoms with Crippen molar-refractivity contribution < 1.29 is 4.79 Å². The molecule has 0 radical (unpaired) electrons. The molecule has 0 N–H and O–H groups in total. The first-order valence-electron chi connectivity index (χ1n) is 5.53. The Kier molecular flexibility index (Phi) is 4.09. The molecule has 0 aliphatic carbocycles. The Morgan fingerprint density at radius 3 is 2.53 bits per heavy atom. The third kappa shape index (κ3) is 3.78. The largest absolute Gasteiger partial charge is 0.297 e. The lowest BCUT2D eigenvalue weighted by Gasteiger charge is -2.17. The summed E-state index contributed by atoms with van der Waals surface area (Å²) in [5.74, 6) is 0. The maximum atomic E-state index is 10.8. The second-order valence-corrected chi connectivity index (χ2v) is 6.37. The molecule has 0 spiro atoms. The summed E-state index contributed by atoms with van der Waals surface area (Å²) < 4.78 is 0. The van der Waals surface area contributed by atoms with Crippen molar-refractivity contribution in [3.8, 4) is 0 Å². The molecule has 0 saturated carbocycles. The highest BCUT2D eigenvalue weighted by atomic mass is 32.1. The number of hydrogen-bond acceptors (Lipinski definition) is 2. The summed E-state index contributed by atoms with van der Waals surface area (Å²) in [5.41, 5.74) is 1.67. The lowest BCUT2D eigenvalue weighted by atomic mass is 9.90. The van der Waals surface area contributed by atoms with Gasteiger partial charge in [0, 0.05) is 4.88 Å². The number of carbonyl (C=O) groups excluding carboxylic acids is 1. The van der Waals surface area contributed by atoms with Crippen LogP contribution in [0.1, 0.15) is 54.2 Å². The predicted molar refractivity (Wildman–Crippen MR) is 66.9 cm³/mol. The fourth-order valence-corrected chi connectivity index (χ4v) is 2.99. The molecule has 0 amide bonds. The van der Waals surface area contributed by atoms with E-state index >= 15 is 0 Å². The van der Waals surface area contributed by atoms with Crippen LogP contribution in [0.4, 0.5) is 0 Å². The van der Waals surface area contributed by atoms with Crippen LogP contribution in [0.25, 0.3) is 0 Å². The van der Waals surface area contributed by atoms with Crippen LogP contribution in [0.5, 0.6) is 0 Å². The van der Waals surface area contributed by atoms with E-state index in [9.17, 15) is 4.79 Å². The van der Waals surface area contributed by atoms with E-state index in [4.69, 9.17) is 0 Å². The van der Waals surface area contributed by atoms with Crippen LogP contribution < -0.4 is 0 Å². The van der Waals surface area contributed by atoms with Gasteiger partial charge in [0.05, 0.1) is 4.88 Å². The van der Waals surface area contributed by atoms with Gasteiger partial charge in [-0.2, -0.15) is 0 Å². The third-order valence-electron chi connectivity index (χ3n) is 2.24. The van der Waals surface area contributed by atoms with Gasteiger partial charge in [0.1, 0.15) is 0 Å². The van der Waals surface area contributed by atoms with E-state index in [0.717, 1.165) is 30.4 Å². The minimum atomic E-state index is 0.299. The van der Waals surface area contributed by atoms with Gasteiger partial charge in [-0.3, -0.25) is 4.79 Å². The topological polar surface area (TPSA) is 17.1 Å². The summed E-state index contributed by atoms with van der Waals surface area (Å²) in [4.78, 5) is 13.0. The average Bonchev–Trinajstić information content (AvgIpc) is 2.46. The number of rotatable bonds is 4. The highest BCUT2D eigenvalue weighted by Crippen LogP contribution is 2.29. The Morgan fingerprint density at radius 2 is 2.07 bits per heavy atom. The zero-order chi connectivity index (χ0) is 11.5. The molecular weight excluding hydrogens is 204 g/mol. The summed E-state index contributed by atoms with van der Waals surface area (Å²) >= 11 is 1.66. The molecule has 1 heterocycles. The molecule has 0 unspecified atom stereocenters. The molecule has 1 aromatic heterocycles. The van der Waals surface area contributed by atoms with Crippen LogP contribution in [-0.4, -0.2) is 6.29 Å². The molecule has 0 atom stereocenters. The van der Waals surface area contributed by atoms with E-state index in [1.54, 1.807) is 11.3 Å². The van der Waals surface area contributed by atoms with Crippen molar-refractivity contribution in [2.75, 3.05) is 0 Å².